The van der Waals surface area contributed by atoms with Gasteiger partial charge >= 0.3 is 0 Å². The third-order valence-corrected chi connectivity index (χ3v) is 4.51. The van der Waals surface area contributed by atoms with E-state index in [4.69, 9.17) is 4.98 Å². The molecule has 3 rings (SSSR count). The first-order valence-electron chi connectivity index (χ1n) is 6.84. The van der Waals surface area contributed by atoms with E-state index in [1.54, 1.807) is 0 Å². The van der Waals surface area contributed by atoms with Gasteiger partial charge in [0.05, 0.1) is 11.2 Å². The topological polar surface area (TPSA) is 12.9 Å². The minimum atomic E-state index is 0.480. The molecule has 0 amide bonds. The number of hydrogen-bond acceptors (Lipinski definition) is 1. The van der Waals surface area contributed by atoms with Crippen molar-refractivity contribution in [1.29, 1.82) is 0 Å². The second kappa shape index (κ2) is 4.34. The first-order valence-corrected chi connectivity index (χ1v) is 6.84. The lowest BCUT2D eigenvalue weighted by Crippen LogP contribution is -1.99. The van der Waals surface area contributed by atoms with Gasteiger partial charge in [0, 0.05) is 11.3 Å². The van der Waals surface area contributed by atoms with Gasteiger partial charge in [0.1, 0.15) is 0 Å². The third kappa shape index (κ3) is 1.81. The zero-order valence-corrected chi connectivity index (χ0v) is 12.0. The standard InChI is InChI=1S/C18H19N/c1-11-12(2)14(4)18(13(11)3)17-10-9-15-7-5-6-8-16(15)19-17/h5-10,13H,1-4H3. The summed E-state index contributed by atoms with van der Waals surface area (Å²) in [5.74, 6) is 0.480. The van der Waals surface area contributed by atoms with Crippen molar-refractivity contribution >= 4 is 16.5 Å². The maximum atomic E-state index is 4.84. The largest absolute Gasteiger partial charge is 0.248 e. The molecule has 2 aromatic rings. The summed E-state index contributed by atoms with van der Waals surface area (Å²) in [7, 11) is 0. The highest BCUT2D eigenvalue weighted by molar-refractivity contribution is 5.84. The average Bonchev–Trinajstić information content (AvgIpc) is 2.63. The molecule has 1 aliphatic carbocycles. The molecule has 0 radical (unpaired) electrons. The number of para-hydroxylation sites is 1. The number of nitrogens with zero attached hydrogens (tertiary/aromatic N) is 1. The fourth-order valence-electron chi connectivity index (χ4n) is 2.99. The summed E-state index contributed by atoms with van der Waals surface area (Å²) in [6.45, 7) is 8.95. The number of fused-ring (bicyclic) bond motifs is 1. The molecule has 0 bridgehead atoms. The first kappa shape index (κ1) is 12.2. The fraction of sp³-hybridized carbons (Fsp3) is 0.278. The highest BCUT2D eigenvalue weighted by Crippen LogP contribution is 2.41. The highest BCUT2D eigenvalue weighted by atomic mass is 14.7. The molecule has 0 saturated carbocycles. The Morgan fingerprint density at radius 2 is 1.63 bits per heavy atom. The molecule has 1 heteroatoms. The van der Waals surface area contributed by atoms with Crippen molar-refractivity contribution in [3.05, 3.63) is 58.8 Å². The van der Waals surface area contributed by atoms with Crippen molar-refractivity contribution in [2.24, 2.45) is 5.92 Å². The van der Waals surface area contributed by atoms with Crippen LogP contribution in [-0.4, -0.2) is 4.98 Å². The molecule has 1 nitrogen and oxygen atoms in total. The normalized spacial score (nSPS) is 19.7. The molecular weight excluding hydrogens is 230 g/mol. The maximum Gasteiger partial charge on any atom is 0.0709 e. The molecule has 96 valence electrons. The summed E-state index contributed by atoms with van der Waals surface area (Å²) < 4.78 is 0. The molecule has 1 aromatic carbocycles. The van der Waals surface area contributed by atoms with Gasteiger partial charge < -0.3 is 0 Å². The van der Waals surface area contributed by atoms with Crippen LogP contribution >= 0.6 is 0 Å². The molecule has 0 spiro atoms. The van der Waals surface area contributed by atoms with Crippen LogP contribution in [0.15, 0.2) is 53.1 Å². The van der Waals surface area contributed by atoms with E-state index in [2.05, 4.69) is 58.0 Å². The quantitative estimate of drug-likeness (QED) is 0.693. The van der Waals surface area contributed by atoms with Crippen molar-refractivity contribution in [2.75, 3.05) is 0 Å². The molecule has 0 N–H and O–H groups in total. The number of allylic oxidation sites excluding steroid dienone is 4. The van der Waals surface area contributed by atoms with E-state index < -0.39 is 0 Å². The summed E-state index contributed by atoms with van der Waals surface area (Å²) in [5, 5.41) is 1.21. The van der Waals surface area contributed by atoms with Crippen molar-refractivity contribution in [3.63, 3.8) is 0 Å². The summed E-state index contributed by atoms with van der Waals surface area (Å²) >= 11 is 0. The zero-order chi connectivity index (χ0) is 13.6. The Kier molecular flexibility index (Phi) is 2.78. The van der Waals surface area contributed by atoms with Gasteiger partial charge in [-0.15, -0.1) is 0 Å². The lowest BCUT2D eigenvalue weighted by molar-refractivity contribution is 0.889. The predicted octanol–water partition coefficient (Wildman–Crippen LogP) is 4.99. The van der Waals surface area contributed by atoms with E-state index in [1.807, 2.05) is 6.07 Å². The Morgan fingerprint density at radius 1 is 0.895 bits per heavy atom. The van der Waals surface area contributed by atoms with Crippen LogP contribution in [0.3, 0.4) is 0 Å². The summed E-state index contributed by atoms with van der Waals surface area (Å²) in [5.41, 5.74) is 7.89. The smallest absolute Gasteiger partial charge is 0.0709 e. The molecule has 19 heavy (non-hydrogen) atoms. The van der Waals surface area contributed by atoms with Crippen molar-refractivity contribution < 1.29 is 0 Å². The van der Waals surface area contributed by atoms with Crippen LogP contribution in [0.1, 0.15) is 33.4 Å². The van der Waals surface area contributed by atoms with Gasteiger partial charge in [-0.25, -0.2) is 4.98 Å². The highest BCUT2D eigenvalue weighted by Gasteiger charge is 2.25. The van der Waals surface area contributed by atoms with E-state index in [0.29, 0.717) is 5.92 Å². The van der Waals surface area contributed by atoms with Crippen LogP contribution < -0.4 is 0 Å². The number of rotatable bonds is 1. The molecule has 1 unspecified atom stereocenters. The Bertz CT molecular complexity index is 719. The predicted molar refractivity (Wildman–Crippen MR) is 81.9 cm³/mol. The summed E-state index contributed by atoms with van der Waals surface area (Å²) in [6, 6.07) is 12.6. The fourth-order valence-corrected chi connectivity index (χ4v) is 2.99. The molecule has 0 aliphatic heterocycles. The van der Waals surface area contributed by atoms with Crippen molar-refractivity contribution in [1.82, 2.24) is 4.98 Å². The Labute approximate surface area is 114 Å². The Hall–Kier alpha value is -1.89. The summed E-state index contributed by atoms with van der Waals surface area (Å²) in [4.78, 5) is 4.84. The number of benzene rings is 1. The monoisotopic (exact) mass is 249 g/mol. The molecule has 1 atom stereocenters. The van der Waals surface area contributed by atoms with Crippen molar-refractivity contribution in [2.45, 2.75) is 27.7 Å². The second-order valence-corrected chi connectivity index (χ2v) is 5.46. The van der Waals surface area contributed by atoms with Crippen LogP contribution in [-0.2, 0) is 0 Å². The van der Waals surface area contributed by atoms with Gasteiger partial charge in [-0.2, -0.15) is 0 Å². The molecule has 1 aliphatic rings. The Morgan fingerprint density at radius 3 is 2.32 bits per heavy atom. The van der Waals surface area contributed by atoms with Gasteiger partial charge in [0.15, 0.2) is 0 Å². The zero-order valence-electron chi connectivity index (χ0n) is 12.0. The van der Waals surface area contributed by atoms with E-state index in [-0.39, 0.29) is 0 Å². The van der Waals surface area contributed by atoms with Gasteiger partial charge in [-0.05, 0) is 49.6 Å². The van der Waals surface area contributed by atoms with Gasteiger partial charge in [-0.3, -0.25) is 0 Å². The van der Waals surface area contributed by atoms with Crippen molar-refractivity contribution in [3.8, 4) is 0 Å². The lowest BCUT2D eigenvalue weighted by atomic mass is 9.95. The molecule has 0 saturated heterocycles. The van der Waals surface area contributed by atoms with Gasteiger partial charge in [0.2, 0.25) is 0 Å². The first-order chi connectivity index (χ1) is 9.09. The average molecular weight is 249 g/mol. The Balaban J connectivity index is 2.16. The van der Waals surface area contributed by atoms with Crippen LogP contribution in [0.2, 0.25) is 0 Å². The SMILES string of the molecule is CC1=C(C)C(C)C(c2ccc3ccccc3n2)=C1C. The van der Waals surface area contributed by atoms with E-state index in [0.717, 1.165) is 11.2 Å². The third-order valence-electron chi connectivity index (χ3n) is 4.51. The molecule has 1 aromatic heterocycles. The minimum Gasteiger partial charge on any atom is -0.248 e. The number of hydrogen-bond donors (Lipinski definition) is 0. The second-order valence-electron chi connectivity index (χ2n) is 5.46. The molecular formula is C18H19N. The van der Waals surface area contributed by atoms with E-state index in [1.165, 1.54) is 27.7 Å². The maximum absolute atomic E-state index is 4.84. The van der Waals surface area contributed by atoms with Crippen LogP contribution in [0.25, 0.3) is 16.5 Å². The van der Waals surface area contributed by atoms with Crippen LogP contribution in [0.5, 0.6) is 0 Å². The molecule has 0 fully saturated rings. The number of aromatic nitrogens is 1. The van der Waals surface area contributed by atoms with Gasteiger partial charge in [-0.1, -0.05) is 36.8 Å². The number of pyridine rings is 1. The summed E-state index contributed by atoms with van der Waals surface area (Å²) in [6.07, 6.45) is 0. The van der Waals surface area contributed by atoms with E-state index in [9.17, 15) is 0 Å². The van der Waals surface area contributed by atoms with Gasteiger partial charge in [0.25, 0.3) is 0 Å². The molecule has 1 heterocycles. The lowest BCUT2D eigenvalue weighted by Gasteiger charge is -2.12. The van der Waals surface area contributed by atoms with E-state index >= 15 is 0 Å². The minimum absolute atomic E-state index is 0.480. The van der Waals surface area contributed by atoms with Crippen LogP contribution in [0, 0.1) is 5.92 Å². The van der Waals surface area contributed by atoms with Crippen LogP contribution in [0.4, 0.5) is 0 Å².